The fourth-order valence-corrected chi connectivity index (χ4v) is 3.41. The number of benzene rings is 2. The standard InChI is InChI=1S/C21H24BNO5/c1-14(25)19-4-2-3-17-11-18(22(27)28-21(17)19)12-20(26)16-7-5-15(6-8-16)13-23-9-10-24/h2-8,18,23-24,27H,9-13H2,1H3/t18-/m1/s1. The Labute approximate surface area is 164 Å². The van der Waals surface area contributed by atoms with Crippen molar-refractivity contribution in [2.24, 2.45) is 0 Å². The van der Waals surface area contributed by atoms with Gasteiger partial charge in [0.2, 0.25) is 0 Å². The summed E-state index contributed by atoms with van der Waals surface area (Å²) in [6, 6.07) is 12.6. The highest BCUT2D eigenvalue weighted by Crippen LogP contribution is 2.36. The van der Waals surface area contributed by atoms with Gasteiger partial charge in [0.25, 0.3) is 0 Å². The van der Waals surface area contributed by atoms with Crippen molar-refractivity contribution < 1.29 is 24.4 Å². The Hall–Kier alpha value is -2.48. The van der Waals surface area contributed by atoms with Gasteiger partial charge in [0.05, 0.1) is 12.2 Å². The molecule has 0 radical (unpaired) electrons. The molecule has 6 nitrogen and oxygen atoms in total. The Morgan fingerprint density at radius 2 is 1.96 bits per heavy atom. The van der Waals surface area contributed by atoms with Gasteiger partial charge in [0, 0.05) is 30.9 Å². The van der Waals surface area contributed by atoms with Crippen LogP contribution in [0, 0.1) is 0 Å². The fraction of sp³-hybridized carbons (Fsp3) is 0.333. The molecule has 0 fully saturated rings. The van der Waals surface area contributed by atoms with Crippen LogP contribution in [0.25, 0.3) is 0 Å². The smallest absolute Gasteiger partial charge is 0.526 e. The molecule has 1 atom stereocenters. The third-order valence-electron chi connectivity index (χ3n) is 4.94. The highest BCUT2D eigenvalue weighted by Gasteiger charge is 2.37. The molecule has 1 aliphatic rings. The normalized spacial score (nSPS) is 15.7. The number of para-hydroxylation sites is 1. The third kappa shape index (κ3) is 4.68. The van der Waals surface area contributed by atoms with E-state index in [2.05, 4.69) is 5.32 Å². The lowest BCUT2D eigenvalue weighted by atomic mass is 9.64. The Morgan fingerprint density at radius 3 is 2.64 bits per heavy atom. The zero-order valence-electron chi connectivity index (χ0n) is 15.9. The van der Waals surface area contributed by atoms with Gasteiger partial charge >= 0.3 is 7.12 Å². The number of fused-ring (bicyclic) bond motifs is 1. The van der Waals surface area contributed by atoms with Crippen LogP contribution in [0.15, 0.2) is 42.5 Å². The summed E-state index contributed by atoms with van der Waals surface area (Å²) in [7, 11) is -1.13. The van der Waals surface area contributed by atoms with Crippen molar-refractivity contribution in [3.8, 4) is 5.75 Å². The molecule has 0 aliphatic carbocycles. The molecule has 2 aromatic carbocycles. The highest BCUT2D eigenvalue weighted by molar-refractivity contribution is 6.47. The van der Waals surface area contributed by atoms with E-state index in [1.54, 1.807) is 24.3 Å². The van der Waals surface area contributed by atoms with E-state index in [9.17, 15) is 14.6 Å². The number of hydrogen-bond donors (Lipinski definition) is 3. The van der Waals surface area contributed by atoms with E-state index in [-0.39, 0.29) is 30.4 Å². The number of hydrogen-bond acceptors (Lipinski definition) is 6. The average molecular weight is 381 g/mol. The van der Waals surface area contributed by atoms with E-state index < -0.39 is 7.12 Å². The number of nitrogens with one attached hydrogen (secondary N) is 1. The van der Waals surface area contributed by atoms with Gasteiger partial charge in [-0.2, -0.15) is 0 Å². The molecule has 0 spiro atoms. The SMILES string of the molecule is CC(=O)c1cccc2c1OB(O)[C@@H](CC(=O)c1ccc(CNCCO)cc1)C2. The number of rotatable bonds is 8. The molecule has 0 unspecified atom stereocenters. The summed E-state index contributed by atoms with van der Waals surface area (Å²) in [4.78, 5) is 24.4. The quantitative estimate of drug-likeness (QED) is 0.368. The predicted molar refractivity (Wildman–Crippen MR) is 107 cm³/mol. The highest BCUT2D eigenvalue weighted by atomic mass is 16.5. The second kappa shape index (κ2) is 9.14. The first-order chi connectivity index (χ1) is 13.5. The number of carbonyl (C=O) groups is 2. The van der Waals surface area contributed by atoms with Crippen LogP contribution in [-0.2, 0) is 13.0 Å². The van der Waals surface area contributed by atoms with Gasteiger partial charge in [-0.1, -0.05) is 36.4 Å². The second-order valence-electron chi connectivity index (χ2n) is 7.05. The van der Waals surface area contributed by atoms with Crippen LogP contribution in [0.3, 0.4) is 0 Å². The van der Waals surface area contributed by atoms with Gasteiger partial charge in [-0.15, -0.1) is 0 Å². The van der Waals surface area contributed by atoms with Crippen molar-refractivity contribution in [3.05, 3.63) is 64.7 Å². The Kier molecular flexibility index (Phi) is 6.62. The lowest BCUT2D eigenvalue weighted by Crippen LogP contribution is -2.35. The lowest BCUT2D eigenvalue weighted by molar-refractivity contribution is 0.0971. The molecule has 2 aromatic rings. The summed E-state index contributed by atoms with van der Waals surface area (Å²) in [6.45, 7) is 2.69. The summed E-state index contributed by atoms with van der Waals surface area (Å²) in [5.41, 5.74) is 2.89. The monoisotopic (exact) mass is 381 g/mol. The molecule has 0 aromatic heterocycles. The van der Waals surface area contributed by atoms with Gasteiger partial charge < -0.3 is 20.1 Å². The zero-order chi connectivity index (χ0) is 20.1. The van der Waals surface area contributed by atoms with Gasteiger partial charge in [0.1, 0.15) is 5.75 Å². The van der Waals surface area contributed by atoms with Crippen LogP contribution >= 0.6 is 0 Å². The minimum Gasteiger partial charge on any atom is -0.535 e. The molecule has 0 amide bonds. The number of ketones is 2. The maximum atomic E-state index is 12.6. The first-order valence-corrected chi connectivity index (χ1v) is 9.41. The molecule has 0 saturated heterocycles. The van der Waals surface area contributed by atoms with Crippen LogP contribution in [0.2, 0.25) is 5.82 Å². The van der Waals surface area contributed by atoms with Gasteiger partial charge in [-0.05, 0) is 30.5 Å². The summed E-state index contributed by atoms with van der Waals surface area (Å²) < 4.78 is 5.60. The molecule has 146 valence electrons. The van der Waals surface area contributed by atoms with Crippen LogP contribution < -0.4 is 9.97 Å². The Balaban J connectivity index is 1.66. The second-order valence-corrected chi connectivity index (χ2v) is 7.05. The average Bonchev–Trinajstić information content (AvgIpc) is 2.68. The van der Waals surface area contributed by atoms with E-state index in [0.717, 1.165) is 11.1 Å². The number of carbonyl (C=O) groups excluding carboxylic acids is 2. The molecule has 3 rings (SSSR count). The van der Waals surface area contributed by atoms with Crippen molar-refractivity contribution in [1.29, 1.82) is 0 Å². The maximum Gasteiger partial charge on any atom is 0.526 e. The lowest BCUT2D eigenvalue weighted by Gasteiger charge is -2.28. The molecule has 1 heterocycles. The van der Waals surface area contributed by atoms with Gasteiger partial charge in [-0.25, -0.2) is 0 Å². The van der Waals surface area contributed by atoms with E-state index >= 15 is 0 Å². The van der Waals surface area contributed by atoms with Gasteiger partial charge in [-0.3, -0.25) is 9.59 Å². The molecular weight excluding hydrogens is 357 g/mol. The first kappa shape index (κ1) is 20.3. The number of Topliss-reactive ketones (excluding diaryl/α,β-unsaturated/α-hetero) is 2. The largest absolute Gasteiger partial charge is 0.535 e. The van der Waals surface area contributed by atoms with Crippen molar-refractivity contribution in [2.75, 3.05) is 13.2 Å². The molecule has 7 heteroatoms. The van der Waals surface area contributed by atoms with Crippen LogP contribution in [-0.4, -0.2) is 42.0 Å². The summed E-state index contributed by atoms with van der Waals surface area (Å²) in [5, 5.41) is 22.2. The molecule has 1 aliphatic heterocycles. The predicted octanol–water partition coefficient (Wildman–Crippen LogP) is 2.03. The topological polar surface area (TPSA) is 95.9 Å². The molecular formula is C21H24BNO5. The van der Waals surface area contributed by atoms with E-state index in [1.807, 2.05) is 18.2 Å². The minimum absolute atomic E-state index is 0.0614. The fourth-order valence-electron chi connectivity index (χ4n) is 3.41. The van der Waals surface area contributed by atoms with Crippen LogP contribution in [0.1, 0.15) is 45.2 Å². The van der Waals surface area contributed by atoms with Crippen LogP contribution in [0.4, 0.5) is 0 Å². The Morgan fingerprint density at radius 1 is 1.21 bits per heavy atom. The third-order valence-corrected chi connectivity index (χ3v) is 4.94. The molecule has 0 bridgehead atoms. The number of aliphatic hydroxyl groups excluding tert-OH is 1. The molecule has 3 N–H and O–H groups in total. The van der Waals surface area contributed by atoms with Crippen LogP contribution in [0.5, 0.6) is 5.75 Å². The molecule has 28 heavy (non-hydrogen) atoms. The summed E-state index contributed by atoms with van der Waals surface area (Å²) in [6.07, 6.45) is 0.638. The summed E-state index contributed by atoms with van der Waals surface area (Å²) in [5.74, 6) is -0.125. The Bertz CT molecular complexity index is 852. The van der Waals surface area contributed by atoms with E-state index in [0.29, 0.717) is 36.4 Å². The van der Waals surface area contributed by atoms with E-state index in [4.69, 9.17) is 9.76 Å². The minimum atomic E-state index is -1.13. The zero-order valence-corrected chi connectivity index (χ0v) is 15.9. The number of aliphatic hydroxyl groups is 1. The van der Waals surface area contributed by atoms with Gasteiger partial charge in [0.15, 0.2) is 11.6 Å². The first-order valence-electron chi connectivity index (χ1n) is 9.41. The van der Waals surface area contributed by atoms with Crippen molar-refractivity contribution >= 4 is 18.7 Å². The summed E-state index contributed by atoms with van der Waals surface area (Å²) >= 11 is 0. The molecule has 0 saturated carbocycles. The van der Waals surface area contributed by atoms with Crippen molar-refractivity contribution in [1.82, 2.24) is 5.32 Å². The van der Waals surface area contributed by atoms with Crippen molar-refractivity contribution in [3.63, 3.8) is 0 Å². The van der Waals surface area contributed by atoms with Crippen molar-refractivity contribution in [2.45, 2.75) is 32.1 Å². The maximum absolute atomic E-state index is 12.6. The van der Waals surface area contributed by atoms with E-state index in [1.165, 1.54) is 6.92 Å².